The van der Waals surface area contributed by atoms with Crippen LogP contribution in [0.3, 0.4) is 0 Å². The SMILES string of the molecule is CCC(CC)(CN)CNS(=O)(=O)CCc1ccccn1. The molecule has 114 valence electrons. The highest BCUT2D eigenvalue weighted by Crippen LogP contribution is 2.23. The largest absolute Gasteiger partial charge is 0.330 e. The van der Waals surface area contributed by atoms with E-state index < -0.39 is 10.0 Å². The highest BCUT2D eigenvalue weighted by Gasteiger charge is 2.26. The second-order valence-corrected chi connectivity index (χ2v) is 7.05. The maximum absolute atomic E-state index is 12.0. The van der Waals surface area contributed by atoms with E-state index in [0.29, 0.717) is 19.5 Å². The van der Waals surface area contributed by atoms with Crippen LogP contribution in [-0.4, -0.2) is 32.2 Å². The van der Waals surface area contributed by atoms with E-state index in [1.807, 2.05) is 32.0 Å². The van der Waals surface area contributed by atoms with Crippen molar-refractivity contribution in [1.29, 1.82) is 0 Å². The van der Waals surface area contributed by atoms with Crippen molar-refractivity contribution < 1.29 is 8.42 Å². The van der Waals surface area contributed by atoms with Gasteiger partial charge in [-0.15, -0.1) is 0 Å². The summed E-state index contributed by atoms with van der Waals surface area (Å²) in [6, 6.07) is 5.50. The maximum atomic E-state index is 12.0. The van der Waals surface area contributed by atoms with Crippen molar-refractivity contribution in [1.82, 2.24) is 9.71 Å². The summed E-state index contributed by atoms with van der Waals surface area (Å²) in [6.45, 7) is 4.97. The predicted octanol–water partition coefficient (Wildman–Crippen LogP) is 1.31. The molecular formula is C14H25N3O2S. The number of pyridine rings is 1. The number of rotatable bonds is 9. The lowest BCUT2D eigenvalue weighted by atomic mass is 9.83. The van der Waals surface area contributed by atoms with Gasteiger partial charge in [0, 0.05) is 24.9 Å². The Labute approximate surface area is 122 Å². The van der Waals surface area contributed by atoms with Gasteiger partial charge in [0.25, 0.3) is 0 Å². The van der Waals surface area contributed by atoms with Crippen LogP contribution in [0.1, 0.15) is 32.4 Å². The first-order chi connectivity index (χ1) is 9.47. The predicted molar refractivity (Wildman–Crippen MR) is 81.8 cm³/mol. The quantitative estimate of drug-likeness (QED) is 0.720. The van der Waals surface area contributed by atoms with Crippen LogP contribution in [0, 0.1) is 5.41 Å². The number of sulfonamides is 1. The van der Waals surface area contributed by atoms with Crippen LogP contribution < -0.4 is 10.5 Å². The van der Waals surface area contributed by atoms with Gasteiger partial charge in [-0.3, -0.25) is 4.98 Å². The molecule has 0 bridgehead atoms. The van der Waals surface area contributed by atoms with Gasteiger partial charge in [-0.25, -0.2) is 13.1 Å². The average Bonchev–Trinajstić information content (AvgIpc) is 2.48. The number of nitrogens with zero attached hydrogens (tertiary/aromatic N) is 1. The minimum absolute atomic E-state index is 0.0537. The second-order valence-electron chi connectivity index (χ2n) is 5.12. The number of hydrogen-bond acceptors (Lipinski definition) is 4. The first-order valence-electron chi connectivity index (χ1n) is 7.04. The van der Waals surface area contributed by atoms with Gasteiger partial charge < -0.3 is 5.73 Å². The molecule has 0 amide bonds. The fraction of sp³-hybridized carbons (Fsp3) is 0.643. The smallest absolute Gasteiger partial charge is 0.211 e. The molecule has 1 rings (SSSR count). The first kappa shape index (κ1) is 17.1. The maximum Gasteiger partial charge on any atom is 0.211 e. The minimum Gasteiger partial charge on any atom is -0.330 e. The van der Waals surface area contributed by atoms with E-state index in [1.165, 1.54) is 0 Å². The van der Waals surface area contributed by atoms with E-state index in [1.54, 1.807) is 6.20 Å². The van der Waals surface area contributed by atoms with Gasteiger partial charge >= 0.3 is 0 Å². The van der Waals surface area contributed by atoms with Gasteiger partial charge in [0.2, 0.25) is 10.0 Å². The number of aromatic nitrogens is 1. The molecule has 0 saturated carbocycles. The standard InChI is InChI=1S/C14H25N3O2S/c1-3-14(4-2,11-15)12-17-20(18,19)10-8-13-7-5-6-9-16-13/h5-7,9,17H,3-4,8,10-12,15H2,1-2H3. The summed E-state index contributed by atoms with van der Waals surface area (Å²) in [5.74, 6) is 0.0537. The summed E-state index contributed by atoms with van der Waals surface area (Å²) in [5, 5.41) is 0. The van der Waals surface area contributed by atoms with Gasteiger partial charge in [0.05, 0.1) is 5.75 Å². The third-order valence-corrected chi connectivity index (χ3v) is 5.28. The third kappa shape index (κ3) is 5.19. The Balaban J connectivity index is 2.53. The Kier molecular flexibility index (Phi) is 6.58. The Morgan fingerprint density at radius 1 is 1.30 bits per heavy atom. The van der Waals surface area contributed by atoms with Crippen LogP contribution in [0.5, 0.6) is 0 Å². The fourth-order valence-electron chi connectivity index (χ4n) is 1.98. The topological polar surface area (TPSA) is 85.1 Å². The van der Waals surface area contributed by atoms with Crippen LogP contribution in [0.2, 0.25) is 0 Å². The molecule has 3 N–H and O–H groups in total. The van der Waals surface area contributed by atoms with Crippen molar-refractivity contribution in [3.8, 4) is 0 Å². The van der Waals surface area contributed by atoms with Crippen LogP contribution in [-0.2, 0) is 16.4 Å². The lowest BCUT2D eigenvalue weighted by molar-refractivity contribution is 0.275. The molecule has 0 saturated heterocycles. The molecular weight excluding hydrogens is 274 g/mol. The van der Waals surface area contributed by atoms with E-state index in [-0.39, 0.29) is 11.2 Å². The summed E-state index contributed by atoms with van der Waals surface area (Å²) in [4.78, 5) is 4.13. The van der Waals surface area contributed by atoms with E-state index in [4.69, 9.17) is 5.73 Å². The van der Waals surface area contributed by atoms with Gasteiger partial charge in [0.1, 0.15) is 0 Å². The Hall–Kier alpha value is -0.980. The molecule has 20 heavy (non-hydrogen) atoms. The van der Waals surface area contributed by atoms with Gasteiger partial charge in [0.15, 0.2) is 0 Å². The summed E-state index contributed by atoms with van der Waals surface area (Å²) in [6.07, 6.45) is 3.82. The third-order valence-electron chi connectivity index (χ3n) is 3.95. The zero-order valence-corrected chi connectivity index (χ0v) is 13.1. The lowest BCUT2D eigenvalue weighted by Gasteiger charge is -2.30. The zero-order chi connectivity index (χ0) is 15.1. The van der Waals surface area contributed by atoms with E-state index in [9.17, 15) is 8.42 Å². The van der Waals surface area contributed by atoms with E-state index >= 15 is 0 Å². The molecule has 0 aliphatic rings. The highest BCUT2D eigenvalue weighted by molar-refractivity contribution is 7.89. The number of hydrogen-bond donors (Lipinski definition) is 2. The molecule has 5 nitrogen and oxygen atoms in total. The Bertz CT molecular complexity index is 476. The molecule has 1 heterocycles. The average molecular weight is 299 g/mol. The molecule has 1 aromatic heterocycles. The molecule has 0 fully saturated rings. The number of nitrogens with one attached hydrogen (secondary N) is 1. The van der Waals surface area contributed by atoms with Crippen LogP contribution in [0.15, 0.2) is 24.4 Å². The van der Waals surface area contributed by atoms with Gasteiger partial charge in [-0.1, -0.05) is 19.9 Å². The Morgan fingerprint density at radius 3 is 2.50 bits per heavy atom. The molecule has 1 aromatic rings. The number of nitrogens with two attached hydrogens (primary N) is 1. The number of aryl methyl sites for hydroxylation is 1. The van der Waals surface area contributed by atoms with Crippen molar-refractivity contribution in [3.05, 3.63) is 30.1 Å². The summed E-state index contributed by atoms with van der Waals surface area (Å²) in [5.41, 5.74) is 6.42. The summed E-state index contributed by atoms with van der Waals surface area (Å²) >= 11 is 0. The van der Waals surface area contributed by atoms with Crippen LogP contribution >= 0.6 is 0 Å². The minimum atomic E-state index is -3.29. The normalized spacial score (nSPS) is 12.6. The summed E-state index contributed by atoms with van der Waals surface area (Å²) < 4.78 is 26.7. The first-order valence-corrected chi connectivity index (χ1v) is 8.69. The molecule has 0 aliphatic heterocycles. The van der Waals surface area contributed by atoms with Crippen molar-refractivity contribution in [2.24, 2.45) is 11.1 Å². The van der Waals surface area contributed by atoms with Gasteiger partial charge in [-0.2, -0.15) is 0 Å². The van der Waals surface area contributed by atoms with Crippen molar-refractivity contribution in [3.63, 3.8) is 0 Å². The monoisotopic (exact) mass is 299 g/mol. The second kappa shape index (κ2) is 7.71. The van der Waals surface area contributed by atoms with Crippen molar-refractivity contribution in [2.75, 3.05) is 18.8 Å². The van der Waals surface area contributed by atoms with Gasteiger partial charge in [-0.05, 0) is 36.9 Å². The molecule has 0 spiro atoms. The van der Waals surface area contributed by atoms with Crippen molar-refractivity contribution >= 4 is 10.0 Å². The molecule has 0 radical (unpaired) electrons. The molecule has 6 heteroatoms. The van der Waals surface area contributed by atoms with Crippen LogP contribution in [0.4, 0.5) is 0 Å². The zero-order valence-electron chi connectivity index (χ0n) is 12.3. The molecule has 0 aliphatic carbocycles. The van der Waals surface area contributed by atoms with E-state index in [2.05, 4.69) is 9.71 Å². The molecule has 0 atom stereocenters. The van der Waals surface area contributed by atoms with E-state index in [0.717, 1.165) is 18.5 Å². The highest BCUT2D eigenvalue weighted by atomic mass is 32.2. The van der Waals surface area contributed by atoms with Crippen molar-refractivity contribution in [2.45, 2.75) is 33.1 Å². The van der Waals surface area contributed by atoms with Crippen LogP contribution in [0.25, 0.3) is 0 Å². The summed E-state index contributed by atoms with van der Waals surface area (Å²) in [7, 11) is -3.29. The fourth-order valence-corrected chi connectivity index (χ4v) is 3.13. The molecule has 0 unspecified atom stereocenters. The molecule has 0 aromatic carbocycles. The lowest BCUT2D eigenvalue weighted by Crippen LogP contribution is -2.42. The Morgan fingerprint density at radius 2 is 2.00 bits per heavy atom.